The van der Waals surface area contributed by atoms with Crippen LogP contribution >= 0.6 is 34.0 Å². The summed E-state index contributed by atoms with van der Waals surface area (Å²) in [4.78, 5) is 23.8. The predicted octanol–water partition coefficient (Wildman–Crippen LogP) is 3.97. The maximum Gasteiger partial charge on any atom is 0.348 e. The van der Waals surface area contributed by atoms with E-state index in [9.17, 15) is 9.59 Å². The number of aromatic carboxylic acids is 1. The summed E-state index contributed by atoms with van der Waals surface area (Å²) >= 11 is 4.08. The first kappa shape index (κ1) is 12.3. The molecule has 0 spiro atoms. The molecule has 0 aliphatic carbocycles. The van der Waals surface area contributed by atoms with Crippen LogP contribution in [0.15, 0.2) is 29.0 Å². The zero-order valence-electron chi connectivity index (χ0n) is 9.38. The van der Waals surface area contributed by atoms with Crippen molar-refractivity contribution in [3.05, 3.63) is 38.7 Å². The fourth-order valence-electron chi connectivity index (χ4n) is 1.63. The Bertz CT molecular complexity index is 739. The van der Waals surface area contributed by atoms with Gasteiger partial charge < -0.3 is 10.4 Å². The minimum atomic E-state index is -1.03. The standard InChI is InChI=1S/C12H7NO3S3/c14-11(9-5-8-7(19-9)2-4-17-8)13-6-1-3-18-10(6)12(15)16/h1-5H,(H,13,14)(H,15,16). The Morgan fingerprint density at radius 1 is 1.11 bits per heavy atom. The van der Waals surface area contributed by atoms with Crippen LogP contribution in [0.5, 0.6) is 0 Å². The SMILES string of the molecule is O=C(Nc1ccsc1C(=O)O)c1cc2sccc2s1. The third-order valence-corrected chi connectivity index (χ3v) is 5.47. The van der Waals surface area contributed by atoms with Crippen LogP contribution in [0.25, 0.3) is 9.40 Å². The Labute approximate surface area is 119 Å². The number of carbonyl (C=O) groups excluding carboxylic acids is 1. The average molecular weight is 309 g/mol. The van der Waals surface area contributed by atoms with Crippen LogP contribution in [-0.2, 0) is 0 Å². The molecule has 0 radical (unpaired) electrons. The van der Waals surface area contributed by atoms with Gasteiger partial charge in [-0.2, -0.15) is 0 Å². The number of carboxylic acids is 1. The quantitative estimate of drug-likeness (QED) is 0.769. The topological polar surface area (TPSA) is 66.4 Å². The van der Waals surface area contributed by atoms with Gasteiger partial charge in [0.25, 0.3) is 5.91 Å². The van der Waals surface area contributed by atoms with Crippen LogP contribution < -0.4 is 5.32 Å². The van der Waals surface area contributed by atoms with Gasteiger partial charge in [0.05, 0.1) is 10.6 Å². The number of anilines is 1. The molecule has 0 saturated carbocycles. The van der Waals surface area contributed by atoms with Gasteiger partial charge >= 0.3 is 5.97 Å². The lowest BCUT2D eigenvalue weighted by molar-refractivity contribution is 0.0703. The van der Waals surface area contributed by atoms with E-state index in [1.165, 1.54) is 11.3 Å². The van der Waals surface area contributed by atoms with E-state index in [0.717, 1.165) is 20.7 Å². The van der Waals surface area contributed by atoms with Crippen molar-refractivity contribution in [3.8, 4) is 0 Å². The number of thiophene rings is 3. The van der Waals surface area contributed by atoms with Gasteiger partial charge in [0.2, 0.25) is 0 Å². The van der Waals surface area contributed by atoms with Crippen molar-refractivity contribution >= 4 is 61.0 Å². The Morgan fingerprint density at radius 2 is 1.89 bits per heavy atom. The summed E-state index contributed by atoms with van der Waals surface area (Å²) in [5.41, 5.74) is 0.347. The predicted molar refractivity (Wildman–Crippen MR) is 78.9 cm³/mol. The van der Waals surface area contributed by atoms with E-state index in [1.807, 2.05) is 17.5 Å². The van der Waals surface area contributed by atoms with Crippen LogP contribution in [0.1, 0.15) is 19.3 Å². The molecule has 3 aromatic rings. The Kier molecular flexibility index (Phi) is 3.09. The van der Waals surface area contributed by atoms with E-state index >= 15 is 0 Å². The monoisotopic (exact) mass is 309 g/mol. The van der Waals surface area contributed by atoms with Crippen LogP contribution in [0, 0.1) is 0 Å². The molecule has 3 aromatic heterocycles. The lowest BCUT2D eigenvalue weighted by Crippen LogP contribution is -2.11. The highest BCUT2D eigenvalue weighted by atomic mass is 32.1. The summed E-state index contributed by atoms with van der Waals surface area (Å²) in [5.74, 6) is -1.30. The van der Waals surface area contributed by atoms with Gasteiger partial charge in [-0.05, 0) is 29.0 Å². The smallest absolute Gasteiger partial charge is 0.348 e. The maximum atomic E-state index is 12.1. The van der Waals surface area contributed by atoms with Gasteiger partial charge in [-0.25, -0.2) is 4.79 Å². The summed E-state index contributed by atoms with van der Waals surface area (Å²) < 4.78 is 2.14. The van der Waals surface area contributed by atoms with E-state index in [0.29, 0.717) is 10.6 Å². The van der Waals surface area contributed by atoms with E-state index in [-0.39, 0.29) is 10.8 Å². The third kappa shape index (κ3) is 2.27. The van der Waals surface area contributed by atoms with Crippen LogP contribution in [0.4, 0.5) is 5.69 Å². The Hall–Kier alpha value is -1.70. The van der Waals surface area contributed by atoms with Crippen LogP contribution in [0.3, 0.4) is 0 Å². The van der Waals surface area contributed by atoms with Gasteiger partial charge in [0, 0.05) is 9.40 Å². The molecule has 0 bridgehead atoms. The van der Waals surface area contributed by atoms with Crippen molar-refractivity contribution in [2.75, 3.05) is 5.32 Å². The number of rotatable bonds is 3. The second-order valence-corrected chi connectivity index (χ2v) is 6.63. The molecule has 2 N–H and O–H groups in total. The summed E-state index contributed by atoms with van der Waals surface area (Å²) in [6.45, 7) is 0. The molecule has 0 atom stereocenters. The highest BCUT2D eigenvalue weighted by Gasteiger charge is 2.16. The minimum absolute atomic E-state index is 0.145. The Morgan fingerprint density at radius 3 is 2.63 bits per heavy atom. The van der Waals surface area contributed by atoms with Gasteiger partial charge in [0.1, 0.15) is 4.88 Å². The van der Waals surface area contributed by atoms with E-state index < -0.39 is 5.97 Å². The molecule has 96 valence electrons. The third-order valence-electron chi connectivity index (χ3n) is 2.47. The molecule has 3 heterocycles. The van der Waals surface area contributed by atoms with E-state index in [1.54, 1.807) is 22.8 Å². The summed E-state index contributed by atoms with van der Waals surface area (Å²) in [6, 6.07) is 5.39. The lowest BCUT2D eigenvalue weighted by Gasteiger charge is -2.01. The molecule has 0 aliphatic rings. The lowest BCUT2D eigenvalue weighted by atomic mass is 10.3. The number of fused-ring (bicyclic) bond motifs is 1. The van der Waals surface area contributed by atoms with E-state index in [2.05, 4.69) is 5.32 Å². The normalized spacial score (nSPS) is 10.7. The van der Waals surface area contributed by atoms with E-state index in [4.69, 9.17) is 5.11 Å². The number of carboxylic acid groups (broad SMARTS) is 1. The van der Waals surface area contributed by atoms with Crippen molar-refractivity contribution in [3.63, 3.8) is 0 Å². The van der Waals surface area contributed by atoms with Crippen molar-refractivity contribution in [1.82, 2.24) is 0 Å². The van der Waals surface area contributed by atoms with Crippen molar-refractivity contribution in [1.29, 1.82) is 0 Å². The number of nitrogens with one attached hydrogen (secondary N) is 1. The zero-order chi connectivity index (χ0) is 13.4. The highest BCUT2D eigenvalue weighted by Crippen LogP contribution is 2.31. The van der Waals surface area contributed by atoms with Crippen molar-refractivity contribution in [2.45, 2.75) is 0 Å². The number of amides is 1. The molecule has 4 nitrogen and oxygen atoms in total. The maximum absolute atomic E-state index is 12.1. The van der Waals surface area contributed by atoms with Crippen LogP contribution in [-0.4, -0.2) is 17.0 Å². The molecule has 0 aliphatic heterocycles. The number of hydrogen-bond donors (Lipinski definition) is 2. The molecule has 0 fully saturated rings. The molecule has 0 unspecified atom stereocenters. The van der Waals surface area contributed by atoms with Gasteiger partial charge in [-0.1, -0.05) is 0 Å². The molecular formula is C12H7NO3S3. The molecule has 0 aromatic carbocycles. The van der Waals surface area contributed by atoms with Crippen molar-refractivity contribution in [2.24, 2.45) is 0 Å². The Balaban J connectivity index is 1.86. The number of carbonyl (C=O) groups is 2. The van der Waals surface area contributed by atoms with Crippen molar-refractivity contribution < 1.29 is 14.7 Å². The minimum Gasteiger partial charge on any atom is -0.477 e. The molecule has 1 amide bonds. The number of hydrogen-bond acceptors (Lipinski definition) is 5. The van der Waals surface area contributed by atoms with Gasteiger partial charge in [-0.15, -0.1) is 34.0 Å². The fourth-order valence-corrected chi connectivity index (χ4v) is 4.33. The summed E-state index contributed by atoms with van der Waals surface area (Å²) in [6.07, 6.45) is 0. The summed E-state index contributed by atoms with van der Waals surface area (Å²) in [7, 11) is 0. The summed E-state index contributed by atoms with van der Waals surface area (Å²) in [5, 5.41) is 15.2. The fraction of sp³-hybridized carbons (Fsp3) is 0. The second kappa shape index (κ2) is 4.76. The zero-order valence-corrected chi connectivity index (χ0v) is 11.8. The molecular weight excluding hydrogens is 302 g/mol. The first-order valence-corrected chi connectivity index (χ1v) is 7.82. The van der Waals surface area contributed by atoms with Crippen LogP contribution in [0.2, 0.25) is 0 Å². The first-order valence-electron chi connectivity index (χ1n) is 5.24. The van der Waals surface area contributed by atoms with Gasteiger partial charge in [-0.3, -0.25) is 4.79 Å². The molecule has 0 saturated heterocycles. The second-order valence-electron chi connectivity index (χ2n) is 3.68. The largest absolute Gasteiger partial charge is 0.477 e. The average Bonchev–Trinajstić information content (AvgIpc) is 3.01. The highest BCUT2D eigenvalue weighted by molar-refractivity contribution is 7.27. The molecule has 19 heavy (non-hydrogen) atoms. The molecule has 3 rings (SSSR count). The molecule has 7 heteroatoms. The van der Waals surface area contributed by atoms with Gasteiger partial charge in [0.15, 0.2) is 0 Å². The first-order chi connectivity index (χ1) is 9.15.